The highest BCUT2D eigenvalue weighted by Gasteiger charge is 2.08. The molecule has 0 saturated heterocycles. The van der Waals surface area contributed by atoms with Crippen molar-refractivity contribution in [2.24, 2.45) is 0 Å². The van der Waals surface area contributed by atoms with Crippen molar-refractivity contribution in [3.8, 4) is 11.6 Å². The van der Waals surface area contributed by atoms with Gasteiger partial charge in [-0.15, -0.1) is 0 Å². The summed E-state index contributed by atoms with van der Waals surface area (Å²) in [6, 6.07) is 13.9. The molecule has 4 nitrogen and oxygen atoms in total. The standard InChI is InChI=1S/C16H10BrNO3/c17-14-3-1-2-13-12(14)8-9-18-15(13)21-11-6-4-10(5-7-11)16(19)20/h1-9H,(H,19,20). The van der Waals surface area contributed by atoms with E-state index in [1.54, 1.807) is 18.3 Å². The molecular weight excluding hydrogens is 334 g/mol. The molecule has 1 N–H and O–H groups in total. The van der Waals surface area contributed by atoms with E-state index in [1.165, 1.54) is 12.1 Å². The minimum Gasteiger partial charge on any atom is -0.478 e. The summed E-state index contributed by atoms with van der Waals surface area (Å²) in [6.07, 6.45) is 1.67. The third kappa shape index (κ3) is 2.73. The van der Waals surface area contributed by atoms with E-state index < -0.39 is 5.97 Å². The number of aromatic nitrogens is 1. The van der Waals surface area contributed by atoms with Crippen molar-refractivity contribution in [2.45, 2.75) is 0 Å². The van der Waals surface area contributed by atoms with Crippen LogP contribution in [0.3, 0.4) is 0 Å². The van der Waals surface area contributed by atoms with Gasteiger partial charge in [0, 0.05) is 21.4 Å². The first-order chi connectivity index (χ1) is 10.1. The zero-order valence-electron chi connectivity index (χ0n) is 10.8. The SMILES string of the molecule is O=C(O)c1ccc(Oc2nccc3c(Br)cccc23)cc1. The van der Waals surface area contributed by atoms with E-state index in [1.807, 2.05) is 24.3 Å². The van der Waals surface area contributed by atoms with Gasteiger partial charge >= 0.3 is 5.97 Å². The molecule has 21 heavy (non-hydrogen) atoms. The van der Waals surface area contributed by atoms with Crippen LogP contribution in [0.25, 0.3) is 10.8 Å². The van der Waals surface area contributed by atoms with E-state index in [0.29, 0.717) is 11.6 Å². The van der Waals surface area contributed by atoms with Crippen LogP contribution in [0, 0.1) is 0 Å². The van der Waals surface area contributed by atoms with Crippen molar-refractivity contribution in [2.75, 3.05) is 0 Å². The average Bonchev–Trinajstić information content (AvgIpc) is 2.49. The van der Waals surface area contributed by atoms with Gasteiger partial charge < -0.3 is 9.84 Å². The molecule has 0 unspecified atom stereocenters. The van der Waals surface area contributed by atoms with E-state index in [9.17, 15) is 4.79 Å². The Morgan fingerprint density at radius 2 is 1.81 bits per heavy atom. The van der Waals surface area contributed by atoms with Gasteiger partial charge in [0.2, 0.25) is 5.88 Å². The Morgan fingerprint density at radius 1 is 1.05 bits per heavy atom. The number of carboxylic acids is 1. The quantitative estimate of drug-likeness (QED) is 0.761. The number of ether oxygens (including phenoxy) is 1. The van der Waals surface area contributed by atoms with Crippen LogP contribution < -0.4 is 4.74 Å². The lowest BCUT2D eigenvalue weighted by Crippen LogP contribution is -1.95. The first kappa shape index (κ1) is 13.6. The second-order valence-electron chi connectivity index (χ2n) is 4.38. The summed E-state index contributed by atoms with van der Waals surface area (Å²) < 4.78 is 6.72. The lowest BCUT2D eigenvalue weighted by molar-refractivity contribution is 0.0697. The van der Waals surface area contributed by atoms with Crippen LogP contribution in [-0.2, 0) is 0 Å². The largest absolute Gasteiger partial charge is 0.478 e. The minimum absolute atomic E-state index is 0.218. The molecule has 3 rings (SSSR count). The predicted octanol–water partition coefficient (Wildman–Crippen LogP) is 4.49. The maximum Gasteiger partial charge on any atom is 0.335 e. The fourth-order valence-corrected chi connectivity index (χ4v) is 2.50. The maximum atomic E-state index is 10.8. The summed E-state index contributed by atoms with van der Waals surface area (Å²) in [5.74, 6) is 0.0608. The van der Waals surface area contributed by atoms with Crippen LogP contribution >= 0.6 is 15.9 Å². The molecule has 0 aliphatic rings. The first-order valence-electron chi connectivity index (χ1n) is 6.19. The number of hydrogen-bond donors (Lipinski definition) is 1. The second kappa shape index (κ2) is 5.54. The third-order valence-corrected chi connectivity index (χ3v) is 3.72. The zero-order chi connectivity index (χ0) is 14.8. The molecule has 0 aliphatic carbocycles. The molecule has 5 heteroatoms. The highest BCUT2D eigenvalue weighted by Crippen LogP contribution is 2.31. The first-order valence-corrected chi connectivity index (χ1v) is 6.99. The van der Waals surface area contributed by atoms with E-state index in [-0.39, 0.29) is 5.56 Å². The smallest absolute Gasteiger partial charge is 0.335 e. The maximum absolute atomic E-state index is 10.8. The number of nitrogens with zero attached hydrogens (tertiary/aromatic N) is 1. The van der Waals surface area contributed by atoms with E-state index >= 15 is 0 Å². The van der Waals surface area contributed by atoms with Gasteiger partial charge in [0.05, 0.1) is 5.56 Å². The lowest BCUT2D eigenvalue weighted by Gasteiger charge is -2.08. The Bertz CT molecular complexity index is 815. The van der Waals surface area contributed by atoms with Crippen molar-refractivity contribution in [1.29, 1.82) is 0 Å². The molecule has 0 atom stereocenters. The van der Waals surface area contributed by atoms with Crippen LogP contribution in [0.15, 0.2) is 59.2 Å². The van der Waals surface area contributed by atoms with Crippen molar-refractivity contribution in [1.82, 2.24) is 4.98 Å². The second-order valence-corrected chi connectivity index (χ2v) is 5.24. The van der Waals surface area contributed by atoms with E-state index in [4.69, 9.17) is 9.84 Å². The minimum atomic E-state index is -0.964. The fourth-order valence-electron chi connectivity index (χ4n) is 2.00. The van der Waals surface area contributed by atoms with Gasteiger partial charge in [0.1, 0.15) is 5.75 Å². The monoisotopic (exact) mass is 343 g/mol. The summed E-state index contributed by atoms with van der Waals surface area (Å²) in [4.78, 5) is 15.1. The zero-order valence-corrected chi connectivity index (χ0v) is 12.4. The Balaban J connectivity index is 1.98. The molecule has 0 radical (unpaired) electrons. The summed E-state index contributed by atoms with van der Waals surface area (Å²) >= 11 is 3.49. The highest BCUT2D eigenvalue weighted by molar-refractivity contribution is 9.10. The van der Waals surface area contributed by atoms with Gasteiger partial charge in [-0.25, -0.2) is 9.78 Å². The van der Waals surface area contributed by atoms with Gasteiger partial charge in [-0.3, -0.25) is 0 Å². The number of carboxylic acid groups (broad SMARTS) is 1. The fraction of sp³-hybridized carbons (Fsp3) is 0. The number of benzene rings is 2. The summed E-state index contributed by atoms with van der Waals surface area (Å²) in [7, 11) is 0. The van der Waals surface area contributed by atoms with Crippen LogP contribution in [0.2, 0.25) is 0 Å². The topological polar surface area (TPSA) is 59.4 Å². The molecule has 0 bridgehead atoms. The van der Waals surface area contributed by atoms with Gasteiger partial charge in [-0.1, -0.05) is 22.0 Å². The van der Waals surface area contributed by atoms with Crippen LogP contribution in [0.1, 0.15) is 10.4 Å². The van der Waals surface area contributed by atoms with Crippen LogP contribution in [-0.4, -0.2) is 16.1 Å². The summed E-state index contributed by atoms with van der Waals surface area (Å²) in [6.45, 7) is 0. The lowest BCUT2D eigenvalue weighted by atomic mass is 10.2. The van der Waals surface area contributed by atoms with E-state index in [0.717, 1.165) is 15.2 Å². The molecule has 0 spiro atoms. The number of aromatic carboxylic acids is 1. The molecular formula is C16H10BrNO3. The molecule has 0 amide bonds. The molecule has 104 valence electrons. The molecule has 0 fully saturated rings. The van der Waals surface area contributed by atoms with Crippen LogP contribution in [0.4, 0.5) is 0 Å². The molecule has 2 aromatic carbocycles. The number of rotatable bonds is 3. The van der Waals surface area contributed by atoms with Crippen molar-refractivity contribution < 1.29 is 14.6 Å². The number of hydrogen-bond acceptors (Lipinski definition) is 3. The Morgan fingerprint density at radius 3 is 2.52 bits per heavy atom. The average molecular weight is 344 g/mol. The summed E-state index contributed by atoms with van der Waals surface area (Å²) in [5.41, 5.74) is 0.218. The molecule has 0 saturated carbocycles. The molecule has 3 aromatic rings. The van der Waals surface area contributed by atoms with Crippen molar-refractivity contribution in [3.63, 3.8) is 0 Å². The highest BCUT2D eigenvalue weighted by atomic mass is 79.9. The van der Waals surface area contributed by atoms with Gasteiger partial charge in [-0.05, 0) is 42.5 Å². The number of carbonyl (C=O) groups is 1. The number of pyridine rings is 1. The van der Waals surface area contributed by atoms with Gasteiger partial charge in [0.15, 0.2) is 0 Å². The van der Waals surface area contributed by atoms with Crippen molar-refractivity contribution >= 4 is 32.7 Å². The number of fused-ring (bicyclic) bond motifs is 1. The van der Waals surface area contributed by atoms with Gasteiger partial charge in [0.25, 0.3) is 0 Å². The van der Waals surface area contributed by atoms with Crippen molar-refractivity contribution in [3.05, 3.63) is 64.8 Å². The predicted molar refractivity (Wildman–Crippen MR) is 82.9 cm³/mol. The third-order valence-electron chi connectivity index (χ3n) is 3.03. The van der Waals surface area contributed by atoms with E-state index in [2.05, 4.69) is 20.9 Å². The molecule has 1 heterocycles. The number of halogens is 1. The summed E-state index contributed by atoms with van der Waals surface area (Å²) in [5, 5.41) is 10.8. The Kier molecular flexibility index (Phi) is 3.58. The molecule has 1 aromatic heterocycles. The Labute approximate surface area is 129 Å². The Hall–Kier alpha value is -2.40. The normalized spacial score (nSPS) is 10.5. The molecule has 0 aliphatic heterocycles. The van der Waals surface area contributed by atoms with Crippen LogP contribution in [0.5, 0.6) is 11.6 Å². The van der Waals surface area contributed by atoms with Gasteiger partial charge in [-0.2, -0.15) is 0 Å².